The average molecular weight is 437 g/mol. The number of pyridine rings is 1. The molecule has 0 saturated heterocycles. The molecule has 30 heavy (non-hydrogen) atoms. The number of fused-ring (bicyclic) bond motifs is 1. The van der Waals surface area contributed by atoms with Crippen LogP contribution in [-0.2, 0) is 22.6 Å². The summed E-state index contributed by atoms with van der Waals surface area (Å²) in [7, 11) is -3.68. The highest BCUT2D eigenvalue weighted by atomic mass is 32.2. The number of sulfonamides is 1. The van der Waals surface area contributed by atoms with Gasteiger partial charge in [-0.25, -0.2) is 13.1 Å². The number of hydrogen-bond acceptors (Lipinski definition) is 4. The fourth-order valence-corrected chi connectivity index (χ4v) is 4.29. The Labute approximate surface area is 173 Å². The number of nitrogens with zero attached hydrogens (tertiary/aromatic N) is 1. The smallest absolute Gasteiger partial charge is 0.315 e. The van der Waals surface area contributed by atoms with Crippen LogP contribution in [-0.4, -0.2) is 32.5 Å². The van der Waals surface area contributed by atoms with E-state index in [-0.39, 0.29) is 10.9 Å². The van der Waals surface area contributed by atoms with Gasteiger partial charge in [-0.2, -0.15) is 13.2 Å². The molecule has 3 aromatic rings. The molecule has 1 heterocycles. The quantitative estimate of drug-likeness (QED) is 0.527. The Kier molecular flexibility index (Phi) is 6.74. The molecular formula is C21H22F3N3O2S. The number of aromatic nitrogens is 1. The first-order chi connectivity index (χ1) is 14.1. The van der Waals surface area contributed by atoms with Crippen LogP contribution in [0.2, 0.25) is 0 Å². The zero-order valence-electron chi connectivity index (χ0n) is 16.3. The lowest BCUT2D eigenvalue weighted by atomic mass is 10.1. The van der Waals surface area contributed by atoms with Crippen molar-refractivity contribution >= 4 is 20.8 Å². The van der Waals surface area contributed by atoms with E-state index >= 15 is 0 Å². The van der Waals surface area contributed by atoms with Crippen LogP contribution in [0.25, 0.3) is 10.8 Å². The molecule has 9 heteroatoms. The van der Waals surface area contributed by atoms with Crippen molar-refractivity contribution in [2.24, 2.45) is 0 Å². The summed E-state index contributed by atoms with van der Waals surface area (Å²) in [6.07, 6.45) is -0.528. The lowest BCUT2D eigenvalue weighted by Gasteiger charge is -2.15. The van der Waals surface area contributed by atoms with Gasteiger partial charge in [0.25, 0.3) is 0 Å². The van der Waals surface area contributed by atoms with Gasteiger partial charge in [0.2, 0.25) is 10.0 Å². The van der Waals surface area contributed by atoms with E-state index in [2.05, 4.69) is 15.0 Å². The average Bonchev–Trinajstić information content (AvgIpc) is 2.70. The fraction of sp³-hybridized carbons (Fsp3) is 0.286. The third kappa shape index (κ3) is 5.78. The summed E-state index contributed by atoms with van der Waals surface area (Å²) in [4.78, 5) is 4.19. The molecule has 5 nitrogen and oxygen atoms in total. The number of halogens is 3. The minimum Gasteiger partial charge on any atom is -0.315 e. The van der Waals surface area contributed by atoms with Crippen LogP contribution in [0.3, 0.4) is 0 Å². The summed E-state index contributed by atoms with van der Waals surface area (Å²) in [5.41, 5.74) is 0.0987. The molecule has 2 N–H and O–H groups in total. The summed E-state index contributed by atoms with van der Waals surface area (Å²) < 4.78 is 65.6. The lowest BCUT2D eigenvalue weighted by molar-refractivity contribution is -0.137. The monoisotopic (exact) mass is 437 g/mol. The Morgan fingerprint density at radius 2 is 1.77 bits per heavy atom. The van der Waals surface area contributed by atoms with E-state index in [0.717, 1.165) is 28.5 Å². The number of alkyl halides is 3. The zero-order valence-corrected chi connectivity index (χ0v) is 17.1. The molecule has 1 atom stereocenters. The van der Waals surface area contributed by atoms with Crippen molar-refractivity contribution in [3.05, 3.63) is 72.1 Å². The van der Waals surface area contributed by atoms with Gasteiger partial charge in [0.05, 0.1) is 10.5 Å². The zero-order chi connectivity index (χ0) is 21.8. The van der Waals surface area contributed by atoms with E-state index in [9.17, 15) is 21.6 Å². The van der Waals surface area contributed by atoms with Crippen LogP contribution in [0, 0.1) is 0 Å². The van der Waals surface area contributed by atoms with Gasteiger partial charge >= 0.3 is 6.18 Å². The molecule has 0 aliphatic rings. The molecule has 1 aromatic heterocycles. The molecule has 0 amide bonds. The topological polar surface area (TPSA) is 71.1 Å². The van der Waals surface area contributed by atoms with E-state index < -0.39 is 21.8 Å². The first-order valence-electron chi connectivity index (χ1n) is 9.38. The second-order valence-electron chi connectivity index (χ2n) is 7.06. The maximum atomic E-state index is 12.6. The molecular weight excluding hydrogens is 415 g/mol. The highest BCUT2D eigenvalue weighted by molar-refractivity contribution is 7.89. The molecule has 3 rings (SSSR count). The van der Waals surface area contributed by atoms with Crippen LogP contribution >= 0.6 is 0 Å². The first kappa shape index (κ1) is 22.2. The van der Waals surface area contributed by atoms with Crippen LogP contribution in [0.1, 0.15) is 18.1 Å². The summed E-state index contributed by atoms with van der Waals surface area (Å²) in [6, 6.07) is 11.3. The normalized spacial score (nSPS) is 13.5. The van der Waals surface area contributed by atoms with Crippen molar-refractivity contribution < 1.29 is 21.6 Å². The van der Waals surface area contributed by atoms with Crippen molar-refractivity contribution in [3.8, 4) is 0 Å². The third-order valence-corrected chi connectivity index (χ3v) is 6.19. The largest absolute Gasteiger partial charge is 0.416 e. The Hall–Kier alpha value is -2.49. The van der Waals surface area contributed by atoms with Gasteiger partial charge < -0.3 is 5.32 Å². The highest BCUT2D eigenvalue weighted by Crippen LogP contribution is 2.29. The van der Waals surface area contributed by atoms with E-state index in [1.807, 2.05) is 0 Å². The fourth-order valence-electron chi connectivity index (χ4n) is 3.01. The van der Waals surface area contributed by atoms with Crippen molar-refractivity contribution in [2.45, 2.75) is 30.5 Å². The Balaban J connectivity index is 1.49. The number of rotatable bonds is 8. The highest BCUT2D eigenvalue weighted by Gasteiger charge is 2.29. The summed E-state index contributed by atoms with van der Waals surface area (Å²) in [6.45, 7) is 2.64. The molecule has 160 valence electrons. The SMILES string of the molecule is C[C@@H](CNCCc1ccc(C(F)(F)F)cc1)NS(=O)(=O)c1ccc2cnccc2c1. The lowest BCUT2D eigenvalue weighted by Crippen LogP contribution is -2.40. The first-order valence-corrected chi connectivity index (χ1v) is 10.9. The molecule has 0 unspecified atom stereocenters. The minimum atomic E-state index is -4.34. The second-order valence-corrected chi connectivity index (χ2v) is 8.77. The Morgan fingerprint density at radius 1 is 1.03 bits per heavy atom. The van der Waals surface area contributed by atoms with Crippen molar-refractivity contribution in [2.75, 3.05) is 13.1 Å². The maximum Gasteiger partial charge on any atom is 0.416 e. The molecule has 0 aliphatic carbocycles. The Morgan fingerprint density at radius 3 is 2.47 bits per heavy atom. The van der Waals surface area contributed by atoms with Gasteiger partial charge in [0, 0.05) is 30.4 Å². The van der Waals surface area contributed by atoms with Crippen LogP contribution in [0.4, 0.5) is 13.2 Å². The number of benzene rings is 2. The predicted octanol–water partition coefficient (Wildman–Crippen LogP) is 3.75. The summed E-state index contributed by atoms with van der Waals surface area (Å²) >= 11 is 0. The van der Waals surface area contributed by atoms with E-state index in [1.165, 1.54) is 18.2 Å². The van der Waals surface area contributed by atoms with Crippen molar-refractivity contribution in [3.63, 3.8) is 0 Å². The van der Waals surface area contributed by atoms with Crippen LogP contribution in [0.5, 0.6) is 0 Å². The van der Waals surface area contributed by atoms with Gasteiger partial charge in [0.15, 0.2) is 0 Å². The van der Waals surface area contributed by atoms with Crippen molar-refractivity contribution in [1.82, 2.24) is 15.0 Å². The maximum absolute atomic E-state index is 12.6. The van der Waals surface area contributed by atoms with E-state index in [0.29, 0.717) is 19.5 Å². The number of nitrogens with one attached hydrogen (secondary N) is 2. The minimum absolute atomic E-state index is 0.179. The molecule has 0 radical (unpaired) electrons. The molecule has 2 aromatic carbocycles. The Bertz CT molecular complexity index is 1100. The van der Waals surface area contributed by atoms with Gasteiger partial charge in [-0.15, -0.1) is 0 Å². The molecule has 0 aliphatic heterocycles. The van der Waals surface area contributed by atoms with Gasteiger partial charge in [-0.3, -0.25) is 4.98 Å². The van der Waals surface area contributed by atoms with Crippen LogP contribution < -0.4 is 10.0 Å². The molecule has 0 fully saturated rings. The summed E-state index contributed by atoms with van der Waals surface area (Å²) in [5, 5.41) is 4.77. The number of hydrogen-bond donors (Lipinski definition) is 2. The van der Waals surface area contributed by atoms with E-state index in [4.69, 9.17) is 0 Å². The van der Waals surface area contributed by atoms with E-state index in [1.54, 1.807) is 37.5 Å². The molecule has 0 bridgehead atoms. The second kappa shape index (κ2) is 9.11. The standard InChI is InChI=1S/C21H22F3N3O2S/c1-15(13-25-10-8-16-2-5-19(6-3-16)21(22,23)24)27-30(28,29)20-7-4-18-14-26-11-9-17(18)12-20/h2-7,9,11-12,14-15,25,27H,8,10,13H2,1H3/t15-/m0/s1. The molecule has 0 saturated carbocycles. The van der Waals surface area contributed by atoms with Gasteiger partial charge in [-0.05, 0) is 61.2 Å². The summed E-state index contributed by atoms with van der Waals surface area (Å²) in [5.74, 6) is 0. The third-order valence-electron chi connectivity index (χ3n) is 4.60. The molecule has 0 spiro atoms. The van der Waals surface area contributed by atoms with Gasteiger partial charge in [-0.1, -0.05) is 18.2 Å². The van der Waals surface area contributed by atoms with Crippen LogP contribution in [0.15, 0.2) is 65.8 Å². The predicted molar refractivity (Wildman–Crippen MR) is 110 cm³/mol. The van der Waals surface area contributed by atoms with Gasteiger partial charge in [0.1, 0.15) is 0 Å². The van der Waals surface area contributed by atoms with Crippen molar-refractivity contribution in [1.29, 1.82) is 0 Å².